The first-order chi connectivity index (χ1) is 9.20. The van der Waals surface area contributed by atoms with Crippen molar-refractivity contribution >= 4 is 11.7 Å². The summed E-state index contributed by atoms with van der Waals surface area (Å²) in [4.78, 5) is 27.4. The van der Waals surface area contributed by atoms with E-state index in [9.17, 15) is 9.59 Å². The van der Waals surface area contributed by atoms with Crippen LogP contribution in [0.4, 0.5) is 0 Å². The smallest absolute Gasteiger partial charge is 0.232 e. The lowest BCUT2D eigenvalue weighted by Crippen LogP contribution is -2.10. The molecule has 1 aromatic heterocycles. The maximum Gasteiger partial charge on any atom is 0.232 e. The Balaban J connectivity index is 1.92. The Morgan fingerprint density at radius 1 is 1.21 bits per heavy atom. The summed E-state index contributed by atoms with van der Waals surface area (Å²) < 4.78 is 6.40. The highest BCUT2D eigenvalue weighted by molar-refractivity contribution is 5.98. The number of imidazole rings is 1. The van der Waals surface area contributed by atoms with Gasteiger partial charge in [0, 0.05) is 30.8 Å². The third kappa shape index (κ3) is 3.28. The molecule has 5 heteroatoms. The second-order valence-electron chi connectivity index (χ2n) is 4.02. The van der Waals surface area contributed by atoms with E-state index in [2.05, 4.69) is 4.98 Å². The lowest BCUT2D eigenvalue weighted by molar-refractivity contribution is 0.0864. The molecule has 0 spiro atoms. The van der Waals surface area contributed by atoms with Crippen LogP contribution in [-0.4, -0.2) is 28.4 Å². The van der Waals surface area contributed by atoms with Crippen LogP contribution in [0.2, 0.25) is 0 Å². The molecular formula is C14H14N2O3. The number of nitrogens with zero attached hydrogens (tertiary/aromatic N) is 2. The summed E-state index contributed by atoms with van der Waals surface area (Å²) in [5.74, 6) is 0.501. The molecule has 2 aromatic rings. The Hall–Kier alpha value is -2.43. The SMILES string of the molecule is COc1ccc(C(=O)CCC(=O)n2ccnc2)cc1. The maximum atomic E-state index is 11.9. The number of methoxy groups -OCH3 is 1. The van der Waals surface area contributed by atoms with Gasteiger partial charge < -0.3 is 4.74 Å². The van der Waals surface area contributed by atoms with Gasteiger partial charge in [-0.1, -0.05) is 0 Å². The Morgan fingerprint density at radius 3 is 2.53 bits per heavy atom. The van der Waals surface area contributed by atoms with Crippen LogP contribution < -0.4 is 4.74 Å². The van der Waals surface area contributed by atoms with Crippen LogP contribution in [0.3, 0.4) is 0 Å². The number of rotatable bonds is 5. The summed E-state index contributed by atoms with van der Waals surface area (Å²) in [5.41, 5.74) is 0.583. The molecule has 19 heavy (non-hydrogen) atoms. The van der Waals surface area contributed by atoms with E-state index in [0.29, 0.717) is 11.3 Å². The number of carbonyl (C=O) groups excluding carboxylic acids is 2. The molecule has 0 radical (unpaired) electrons. The van der Waals surface area contributed by atoms with E-state index in [0.717, 1.165) is 0 Å². The first kappa shape index (κ1) is 13.0. The summed E-state index contributed by atoms with van der Waals surface area (Å²) in [6.07, 6.45) is 4.88. The van der Waals surface area contributed by atoms with E-state index in [1.807, 2.05) is 0 Å². The summed E-state index contributed by atoms with van der Waals surface area (Å²) in [6.45, 7) is 0. The van der Waals surface area contributed by atoms with Gasteiger partial charge in [-0.25, -0.2) is 4.98 Å². The van der Waals surface area contributed by atoms with Crippen LogP contribution in [0.1, 0.15) is 28.0 Å². The average Bonchev–Trinajstić information content (AvgIpc) is 2.98. The van der Waals surface area contributed by atoms with E-state index in [-0.39, 0.29) is 24.5 Å². The van der Waals surface area contributed by atoms with E-state index in [1.54, 1.807) is 37.6 Å². The third-order valence-electron chi connectivity index (χ3n) is 2.77. The molecule has 0 aliphatic rings. The van der Waals surface area contributed by atoms with Crippen molar-refractivity contribution in [3.63, 3.8) is 0 Å². The number of Topliss-reactive ketones (excluding diaryl/α,β-unsaturated/α-hetero) is 1. The van der Waals surface area contributed by atoms with Crippen molar-refractivity contribution in [1.82, 2.24) is 9.55 Å². The fourth-order valence-corrected chi connectivity index (χ4v) is 1.68. The maximum absolute atomic E-state index is 11.9. The van der Waals surface area contributed by atoms with Crippen LogP contribution >= 0.6 is 0 Å². The highest BCUT2D eigenvalue weighted by Gasteiger charge is 2.10. The van der Waals surface area contributed by atoms with Crippen molar-refractivity contribution in [2.45, 2.75) is 12.8 Å². The standard InChI is InChI=1S/C14H14N2O3/c1-19-12-4-2-11(3-5-12)13(17)6-7-14(18)16-9-8-15-10-16/h2-5,8-10H,6-7H2,1H3. The van der Waals surface area contributed by atoms with Gasteiger partial charge in [-0.15, -0.1) is 0 Å². The van der Waals surface area contributed by atoms with Gasteiger partial charge in [0.2, 0.25) is 5.91 Å². The quantitative estimate of drug-likeness (QED) is 0.771. The minimum absolute atomic E-state index is 0.0591. The molecule has 0 amide bonds. The Bertz CT molecular complexity index is 559. The monoisotopic (exact) mass is 258 g/mol. The van der Waals surface area contributed by atoms with E-state index in [4.69, 9.17) is 4.74 Å². The van der Waals surface area contributed by atoms with Crippen molar-refractivity contribution < 1.29 is 14.3 Å². The van der Waals surface area contributed by atoms with Crippen LogP contribution in [0.25, 0.3) is 0 Å². The molecule has 0 saturated heterocycles. The molecule has 0 aliphatic heterocycles. The Kier molecular flexibility index (Phi) is 4.07. The van der Waals surface area contributed by atoms with Gasteiger partial charge in [0.1, 0.15) is 12.1 Å². The molecule has 1 aromatic carbocycles. The Labute approximate surface area is 110 Å². The first-order valence-electron chi connectivity index (χ1n) is 5.89. The minimum atomic E-state index is -0.139. The summed E-state index contributed by atoms with van der Waals surface area (Å²) >= 11 is 0. The number of aromatic nitrogens is 2. The molecule has 2 rings (SSSR count). The molecule has 0 aliphatic carbocycles. The van der Waals surface area contributed by atoms with Gasteiger partial charge >= 0.3 is 0 Å². The van der Waals surface area contributed by atoms with Crippen molar-refractivity contribution in [3.05, 3.63) is 48.5 Å². The minimum Gasteiger partial charge on any atom is -0.497 e. The summed E-state index contributed by atoms with van der Waals surface area (Å²) in [7, 11) is 1.57. The van der Waals surface area contributed by atoms with Gasteiger partial charge in [0.05, 0.1) is 7.11 Å². The van der Waals surface area contributed by atoms with Gasteiger partial charge in [-0.3, -0.25) is 14.2 Å². The molecule has 0 atom stereocenters. The molecule has 5 nitrogen and oxygen atoms in total. The van der Waals surface area contributed by atoms with Gasteiger partial charge in [-0.2, -0.15) is 0 Å². The van der Waals surface area contributed by atoms with Gasteiger partial charge in [0.25, 0.3) is 0 Å². The van der Waals surface area contributed by atoms with Crippen molar-refractivity contribution in [3.8, 4) is 5.75 Å². The average molecular weight is 258 g/mol. The normalized spacial score (nSPS) is 10.2. The highest BCUT2D eigenvalue weighted by atomic mass is 16.5. The zero-order valence-electron chi connectivity index (χ0n) is 10.6. The molecule has 0 unspecified atom stereocenters. The van der Waals surface area contributed by atoms with Crippen molar-refractivity contribution in [2.75, 3.05) is 7.11 Å². The Morgan fingerprint density at radius 2 is 1.95 bits per heavy atom. The highest BCUT2D eigenvalue weighted by Crippen LogP contribution is 2.13. The lowest BCUT2D eigenvalue weighted by Gasteiger charge is -2.03. The second-order valence-corrected chi connectivity index (χ2v) is 4.02. The fraction of sp³-hybridized carbons (Fsp3) is 0.214. The number of ketones is 1. The second kappa shape index (κ2) is 5.95. The number of carbonyl (C=O) groups is 2. The topological polar surface area (TPSA) is 61.2 Å². The van der Waals surface area contributed by atoms with E-state index < -0.39 is 0 Å². The number of hydrogen-bond donors (Lipinski definition) is 0. The molecule has 0 bridgehead atoms. The zero-order chi connectivity index (χ0) is 13.7. The van der Waals surface area contributed by atoms with Crippen LogP contribution in [-0.2, 0) is 0 Å². The number of hydrogen-bond acceptors (Lipinski definition) is 4. The first-order valence-corrected chi connectivity index (χ1v) is 5.89. The summed E-state index contributed by atoms with van der Waals surface area (Å²) in [5, 5.41) is 0. The van der Waals surface area contributed by atoms with E-state index in [1.165, 1.54) is 17.1 Å². The predicted molar refractivity (Wildman–Crippen MR) is 69.4 cm³/mol. The summed E-state index contributed by atoms with van der Waals surface area (Å²) in [6, 6.07) is 6.85. The van der Waals surface area contributed by atoms with Gasteiger partial charge in [0.15, 0.2) is 5.78 Å². The molecule has 0 fully saturated rings. The molecular weight excluding hydrogens is 244 g/mol. The predicted octanol–water partition coefficient (Wildman–Crippen LogP) is 2.20. The zero-order valence-corrected chi connectivity index (χ0v) is 10.6. The van der Waals surface area contributed by atoms with Crippen LogP contribution in [0.15, 0.2) is 43.0 Å². The third-order valence-corrected chi connectivity index (χ3v) is 2.77. The largest absolute Gasteiger partial charge is 0.497 e. The molecule has 98 valence electrons. The molecule has 0 N–H and O–H groups in total. The molecule has 1 heterocycles. The fourth-order valence-electron chi connectivity index (χ4n) is 1.68. The van der Waals surface area contributed by atoms with Crippen LogP contribution in [0, 0.1) is 0 Å². The van der Waals surface area contributed by atoms with Crippen LogP contribution in [0.5, 0.6) is 5.75 Å². The lowest BCUT2D eigenvalue weighted by atomic mass is 10.1. The van der Waals surface area contributed by atoms with Crippen molar-refractivity contribution in [2.24, 2.45) is 0 Å². The van der Waals surface area contributed by atoms with Crippen molar-refractivity contribution in [1.29, 1.82) is 0 Å². The number of ether oxygens (including phenoxy) is 1. The van der Waals surface area contributed by atoms with E-state index >= 15 is 0 Å². The van der Waals surface area contributed by atoms with Gasteiger partial charge in [-0.05, 0) is 24.3 Å². The number of benzene rings is 1. The molecule has 0 saturated carbocycles.